The zero-order valence-electron chi connectivity index (χ0n) is 11.0. The summed E-state index contributed by atoms with van der Waals surface area (Å²) < 4.78 is 0. The molecule has 0 atom stereocenters. The minimum Gasteiger partial charge on any atom is -0.359 e. The first-order valence-electron chi connectivity index (χ1n) is 6.48. The summed E-state index contributed by atoms with van der Waals surface area (Å²) in [7, 11) is 1.70. The van der Waals surface area contributed by atoms with Gasteiger partial charge >= 0.3 is 0 Å². The molecule has 5 heteroatoms. The average molecular weight is 301 g/mol. The number of nitrogens with one attached hydrogen (secondary N) is 1. The van der Waals surface area contributed by atoms with Crippen LogP contribution in [0.3, 0.4) is 0 Å². The van der Waals surface area contributed by atoms with Crippen LogP contribution in [0.4, 0.5) is 0 Å². The van der Waals surface area contributed by atoms with Crippen LogP contribution in [0.2, 0.25) is 10.0 Å². The molecule has 1 aromatic rings. The Morgan fingerprint density at radius 2 is 2.05 bits per heavy atom. The largest absolute Gasteiger partial charge is 0.359 e. The van der Waals surface area contributed by atoms with Gasteiger partial charge in [-0.25, -0.2) is 0 Å². The highest BCUT2D eigenvalue weighted by Gasteiger charge is 2.24. The number of carbonyl (C=O) groups excluding carboxylic acids is 1. The number of benzene rings is 1. The molecule has 1 heterocycles. The molecule has 1 aromatic carbocycles. The molecule has 0 spiro atoms. The van der Waals surface area contributed by atoms with E-state index in [2.05, 4.69) is 10.2 Å². The summed E-state index contributed by atoms with van der Waals surface area (Å²) in [6.07, 6.45) is 1.82. The van der Waals surface area contributed by atoms with E-state index >= 15 is 0 Å². The number of halogens is 2. The van der Waals surface area contributed by atoms with E-state index in [-0.39, 0.29) is 11.8 Å². The molecule has 3 nitrogen and oxygen atoms in total. The number of hydrogen-bond donors (Lipinski definition) is 1. The van der Waals surface area contributed by atoms with E-state index in [0.29, 0.717) is 10.0 Å². The van der Waals surface area contributed by atoms with E-state index in [9.17, 15) is 4.79 Å². The number of likely N-dealkylation sites (tertiary alicyclic amines) is 1. The van der Waals surface area contributed by atoms with Crippen molar-refractivity contribution in [3.63, 3.8) is 0 Å². The maximum Gasteiger partial charge on any atom is 0.222 e. The summed E-state index contributed by atoms with van der Waals surface area (Å²) in [6.45, 7) is 2.67. The second kappa shape index (κ2) is 6.60. The fourth-order valence-corrected chi connectivity index (χ4v) is 2.92. The van der Waals surface area contributed by atoms with Crippen LogP contribution in [0.5, 0.6) is 0 Å². The molecule has 1 aliphatic rings. The molecule has 19 heavy (non-hydrogen) atoms. The fourth-order valence-electron chi connectivity index (χ4n) is 2.45. The Kier molecular flexibility index (Phi) is 5.08. The lowest BCUT2D eigenvalue weighted by Gasteiger charge is -2.31. The van der Waals surface area contributed by atoms with Gasteiger partial charge in [-0.1, -0.05) is 29.3 Å². The van der Waals surface area contributed by atoms with Crippen LogP contribution in [0.1, 0.15) is 18.4 Å². The first-order valence-corrected chi connectivity index (χ1v) is 7.23. The predicted octanol–water partition coefficient (Wildman–Crippen LogP) is 2.95. The maximum atomic E-state index is 11.6. The molecule has 1 aliphatic heterocycles. The molecular weight excluding hydrogens is 283 g/mol. The van der Waals surface area contributed by atoms with Gasteiger partial charge in [0, 0.05) is 29.6 Å². The van der Waals surface area contributed by atoms with E-state index < -0.39 is 0 Å². The van der Waals surface area contributed by atoms with E-state index in [1.807, 2.05) is 12.1 Å². The highest BCUT2D eigenvalue weighted by atomic mass is 35.5. The molecule has 104 valence electrons. The quantitative estimate of drug-likeness (QED) is 0.931. The van der Waals surface area contributed by atoms with Crippen molar-refractivity contribution >= 4 is 29.1 Å². The Balaban J connectivity index is 1.90. The molecule has 0 bridgehead atoms. The number of hydrogen-bond acceptors (Lipinski definition) is 2. The Labute approximate surface area is 123 Å². The molecule has 0 aliphatic carbocycles. The third-order valence-corrected chi connectivity index (χ3v) is 4.20. The van der Waals surface area contributed by atoms with E-state index in [4.69, 9.17) is 23.2 Å². The Morgan fingerprint density at radius 1 is 1.37 bits per heavy atom. The van der Waals surface area contributed by atoms with E-state index in [1.54, 1.807) is 13.1 Å². The molecular formula is C14H18Cl2N2O. The molecule has 0 saturated carbocycles. The van der Waals surface area contributed by atoms with Gasteiger partial charge in [-0.3, -0.25) is 9.69 Å². The van der Waals surface area contributed by atoms with Crippen molar-refractivity contribution in [1.29, 1.82) is 0 Å². The number of carbonyl (C=O) groups is 1. The third kappa shape index (κ3) is 3.85. The van der Waals surface area contributed by atoms with Crippen molar-refractivity contribution in [2.45, 2.75) is 19.4 Å². The molecule has 1 fully saturated rings. The van der Waals surface area contributed by atoms with Crippen molar-refractivity contribution in [3.8, 4) is 0 Å². The highest BCUT2D eigenvalue weighted by Crippen LogP contribution is 2.24. The van der Waals surface area contributed by atoms with Crippen LogP contribution in [-0.2, 0) is 11.3 Å². The van der Waals surface area contributed by atoms with Gasteiger partial charge in [0.2, 0.25) is 5.91 Å². The van der Waals surface area contributed by atoms with Crippen LogP contribution in [0, 0.1) is 5.92 Å². The minimum absolute atomic E-state index is 0.155. The Bertz CT molecular complexity index is 457. The lowest BCUT2D eigenvalue weighted by atomic mass is 9.95. The van der Waals surface area contributed by atoms with Crippen LogP contribution in [0.15, 0.2) is 18.2 Å². The zero-order chi connectivity index (χ0) is 13.8. The van der Waals surface area contributed by atoms with Gasteiger partial charge in [0.15, 0.2) is 0 Å². The van der Waals surface area contributed by atoms with E-state index in [0.717, 1.165) is 38.0 Å². The van der Waals surface area contributed by atoms with Gasteiger partial charge in [-0.05, 0) is 43.6 Å². The summed E-state index contributed by atoms with van der Waals surface area (Å²) in [5.74, 6) is 0.311. The zero-order valence-corrected chi connectivity index (χ0v) is 12.5. The van der Waals surface area contributed by atoms with Crippen molar-refractivity contribution in [2.75, 3.05) is 20.1 Å². The van der Waals surface area contributed by atoms with Gasteiger partial charge in [-0.2, -0.15) is 0 Å². The van der Waals surface area contributed by atoms with Crippen LogP contribution in [-0.4, -0.2) is 30.9 Å². The van der Waals surface area contributed by atoms with Gasteiger partial charge in [0.1, 0.15) is 0 Å². The predicted molar refractivity (Wildman–Crippen MR) is 78.5 cm³/mol. The second-order valence-electron chi connectivity index (χ2n) is 4.90. The third-order valence-electron chi connectivity index (χ3n) is 3.61. The first-order chi connectivity index (χ1) is 9.10. The van der Waals surface area contributed by atoms with Crippen LogP contribution in [0.25, 0.3) is 0 Å². The van der Waals surface area contributed by atoms with Gasteiger partial charge in [-0.15, -0.1) is 0 Å². The van der Waals surface area contributed by atoms with Crippen molar-refractivity contribution in [3.05, 3.63) is 33.8 Å². The summed E-state index contributed by atoms with van der Waals surface area (Å²) in [5, 5.41) is 4.09. The molecule has 0 aromatic heterocycles. The number of amides is 1. The normalized spacial score (nSPS) is 17.4. The van der Waals surface area contributed by atoms with Gasteiger partial charge < -0.3 is 5.32 Å². The Morgan fingerprint density at radius 3 is 2.63 bits per heavy atom. The fraction of sp³-hybridized carbons (Fsp3) is 0.500. The summed E-state index contributed by atoms with van der Waals surface area (Å²) >= 11 is 12.1. The molecule has 1 saturated heterocycles. The molecule has 1 amide bonds. The summed E-state index contributed by atoms with van der Waals surface area (Å²) in [6, 6.07) is 5.60. The topological polar surface area (TPSA) is 32.3 Å². The maximum absolute atomic E-state index is 11.6. The number of piperidine rings is 1. The lowest BCUT2D eigenvalue weighted by molar-refractivity contribution is -0.125. The van der Waals surface area contributed by atoms with Crippen molar-refractivity contribution < 1.29 is 4.79 Å². The number of rotatable bonds is 3. The van der Waals surface area contributed by atoms with Gasteiger partial charge in [0.25, 0.3) is 0 Å². The van der Waals surface area contributed by atoms with E-state index in [1.165, 1.54) is 0 Å². The second-order valence-corrected chi connectivity index (χ2v) is 5.74. The summed E-state index contributed by atoms with van der Waals surface area (Å²) in [5.41, 5.74) is 1.09. The van der Waals surface area contributed by atoms with Gasteiger partial charge in [0.05, 0.1) is 0 Å². The standard InChI is InChI=1S/C14H18Cl2N2O/c1-17-14(19)10-4-6-18(7-5-10)9-11-2-3-12(15)8-13(11)16/h2-3,8,10H,4-7,9H2,1H3,(H,17,19). The first kappa shape index (κ1) is 14.6. The van der Waals surface area contributed by atoms with Crippen LogP contribution < -0.4 is 5.32 Å². The molecule has 0 radical (unpaired) electrons. The summed E-state index contributed by atoms with van der Waals surface area (Å²) in [4.78, 5) is 13.9. The van der Waals surface area contributed by atoms with Crippen LogP contribution >= 0.6 is 23.2 Å². The van der Waals surface area contributed by atoms with Crippen molar-refractivity contribution in [1.82, 2.24) is 10.2 Å². The smallest absolute Gasteiger partial charge is 0.222 e. The molecule has 1 N–H and O–H groups in total. The molecule has 2 rings (SSSR count). The lowest BCUT2D eigenvalue weighted by Crippen LogP contribution is -2.39. The average Bonchev–Trinajstić information content (AvgIpc) is 2.42. The highest BCUT2D eigenvalue weighted by molar-refractivity contribution is 6.35. The SMILES string of the molecule is CNC(=O)C1CCN(Cc2ccc(Cl)cc2Cl)CC1. The Hall–Kier alpha value is -0.770. The number of nitrogens with zero attached hydrogens (tertiary/aromatic N) is 1. The molecule has 0 unspecified atom stereocenters. The van der Waals surface area contributed by atoms with Crippen molar-refractivity contribution in [2.24, 2.45) is 5.92 Å². The monoisotopic (exact) mass is 300 g/mol. The minimum atomic E-state index is 0.155.